The van der Waals surface area contributed by atoms with Gasteiger partial charge in [-0.05, 0) is 0 Å². The van der Waals surface area contributed by atoms with Gasteiger partial charge in [-0.1, -0.05) is 11.6 Å². The van der Waals surface area contributed by atoms with Gasteiger partial charge < -0.3 is 4.57 Å². The number of hydrogen-bond acceptors (Lipinski definition) is 1. The molecule has 1 heterocycles. The van der Waals surface area contributed by atoms with E-state index in [9.17, 15) is 0 Å². The SMILES string of the molecule is Cn1[c]ncc1Cl. The molecule has 7 heavy (non-hydrogen) atoms. The molecular weight excluding hydrogens is 112 g/mol. The predicted octanol–water partition coefficient (Wildman–Crippen LogP) is 0.874. The second-order valence-corrected chi connectivity index (χ2v) is 1.63. The van der Waals surface area contributed by atoms with Crippen LogP contribution in [0.4, 0.5) is 0 Å². The van der Waals surface area contributed by atoms with Crippen LogP contribution in [0.3, 0.4) is 0 Å². The van der Waals surface area contributed by atoms with E-state index >= 15 is 0 Å². The van der Waals surface area contributed by atoms with Crippen molar-refractivity contribution in [3.05, 3.63) is 17.7 Å². The summed E-state index contributed by atoms with van der Waals surface area (Å²) in [4.78, 5) is 3.63. The fourth-order valence-corrected chi connectivity index (χ4v) is 0.390. The van der Waals surface area contributed by atoms with Crippen molar-refractivity contribution in [2.24, 2.45) is 7.05 Å². The summed E-state index contributed by atoms with van der Waals surface area (Å²) < 4.78 is 1.61. The molecule has 0 saturated heterocycles. The summed E-state index contributed by atoms with van der Waals surface area (Å²) >= 11 is 5.49. The molecule has 2 nitrogen and oxygen atoms in total. The van der Waals surface area contributed by atoms with Gasteiger partial charge in [-0.3, -0.25) is 0 Å². The van der Waals surface area contributed by atoms with Crippen LogP contribution in [-0.4, -0.2) is 9.55 Å². The Kier molecular flexibility index (Phi) is 1.02. The average molecular weight is 116 g/mol. The zero-order valence-electron chi connectivity index (χ0n) is 3.85. The van der Waals surface area contributed by atoms with Gasteiger partial charge in [0.05, 0.1) is 6.20 Å². The van der Waals surface area contributed by atoms with Gasteiger partial charge in [0.1, 0.15) is 5.15 Å². The van der Waals surface area contributed by atoms with Crippen LogP contribution >= 0.6 is 11.6 Å². The maximum absolute atomic E-state index is 5.49. The fourth-order valence-electron chi connectivity index (χ4n) is 0.303. The number of imidazole rings is 1. The third kappa shape index (κ3) is 0.747. The molecule has 0 spiro atoms. The van der Waals surface area contributed by atoms with Crippen LogP contribution < -0.4 is 0 Å². The van der Waals surface area contributed by atoms with Gasteiger partial charge in [-0.25, -0.2) is 4.98 Å². The summed E-state index contributed by atoms with van der Waals surface area (Å²) in [5.41, 5.74) is 0. The number of aromatic nitrogens is 2. The number of rotatable bonds is 0. The topological polar surface area (TPSA) is 17.8 Å². The van der Waals surface area contributed by atoms with Gasteiger partial charge >= 0.3 is 0 Å². The normalized spacial score (nSPS) is 9.43. The first-order chi connectivity index (χ1) is 3.30. The number of nitrogens with zero attached hydrogens (tertiary/aromatic N) is 2. The third-order valence-corrected chi connectivity index (χ3v) is 1.05. The molecule has 0 aliphatic carbocycles. The maximum atomic E-state index is 5.49. The van der Waals surface area contributed by atoms with Crippen LogP contribution in [0.5, 0.6) is 0 Å². The number of aryl methyl sites for hydroxylation is 1. The summed E-state index contributed by atoms with van der Waals surface area (Å²) in [5, 5.41) is 0.611. The van der Waals surface area contributed by atoms with E-state index in [0.717, 1.165) is 0 Å². The van der Waals surface area contributed by atoms with Crippen molar-refractivity contribution >= 4 is 11.6 Å². The van der Waals surface area contributed by atoms with E-state index in [1.807, 2.05) is 0 Å². The van der Waals surface area contributed by atoms with Crippen molar-refractivity contribution in [3.63, 3.8) is 0 Å². The molecule has 0 N–H and O–H groups in total. The van der Waals surface area contributed by atoms with E-state index in [-0.39, 0.29) is 0 Å². The molecule has 0 bridgehead atoms. The highest BCUT2D eigenvalue weighted by Gasteiger charge is 1.87. The maximum Gasteiger partial charge on any atom is 0.177 e. The molecule has 0 aliphatic heterocycles. The summed E-state index contributed by atoms with van der Waals surface area (Å²) in [6.45, 7) is 0. The van der Waals surface area contributed by atoms with E-state index in [2.05, 4.69) is 11.3 Å². The molecule has 0 aliphatic rings. The van der Waals surface area contributed by atoms with Gasteiger partial charge in [0.15, 0.2) is 6.33 Å². The van der Waals surface area contributed by atoms with Crippen LogP contribution in [0.15, 0.2) is 6.20 Å². The van der Waals surface area contributed by atoms with Crippen LogP contribution in [0.25, 0.3) is 0 Å². The molecule has 1 aromatic rings. The highest BCUT2D eigenvalue weighted by atomic mass is 35.5. The minimum atomic E-state index is 0.611. The molecule has 0 aromatic carbocycles. The monoisotopic (exact) mass is 115 g/mol. The summed E-state index contributed by atoms with van der Waals surface area (Å²) in [7, 11) is 1.79. The van der Waals surface area contributed by atoms with Crippen molar-refractivity contribution in [2.45, 2.75) is 0 Å². The van der Waals surface area contributed by atoms with E-state index in [0.29, 0.717) is 5.15 Å². The lowest BCUT2D eigenvalue weighted by atomic mass is 10.9. The van der Waals surface area contributed by atoms with E-state index in [4.69, 9.17) is 11.6 Å². The highest BCUT2D eigenvalue weighted by Crippen LogP contribution is 2.01. The van der Waals surface area contributed by atoms with Gasteiger partial charge in [0.25, 0.3) is 0 Å². The van der Waals surface area contributed by atoms with E-state index in [1.54, 1.807) is 17.8 Å². The molecule has 1 aromatic heterocycles. The quantitative estimate of drug-likeness (QED) is 0.491. The average Bonchev–Trinajstić information content (AvgIpc) is 1.91. The van der Waals surface area contributed by atoms with Crippen molar-refractivity contribution in [1.82, 2.24) is 9.55 Å². The Hall–Kier alpha value is -0.500. The Morgan fingerprint density at radius 1 is 2.00 bits per heavy atom. The van der Waals surface area contributed by atoms with Crippen LogP contribution in [0.2, 0.25) is 5.15 Å². The second-order valence-electron chi connectivity index (χ2n) is 1.24. The zero-order valence-corrected chi connectivity index (χ0v) is 4.61. The largest absolute Gasteiger partial charge is 0.316 e. The summed E-state index contributed by atoms with van der Waals surface area (Å²) in [6, 6.07) is 0. The molecular formula is C4H4ClN2. The Balaban J connectivity index is 3.12. The van der Waals surface area contributed by atoms with Gasteiger partial charge in [0.2, 0.25) is 0 Å². The van der Waals surface area contributed by atoms with Crippen LogP contribution in [0, 0.1) is 6.33 Å². The first-order valence-electron chi connectivity index (χ1n) is 1.85. The minimum absolute atomic E-state index is 0.611. The second kappa shape index (κ2) is 1.54. The number of hydrogen-bond donors (Lipinski definition) is 0. The molecule has 3 heteroatoms. The standard InChI is InChI=1S/C4H4ClN2/c1-7-3-6-2-4(7)5/h2H,1H3. The zero-order chi connectivity index (χ0) is 5.28. The smallest absolute Gasteiger partial charge is 0.177 e. The van der Waals surface area contributed by atoms with Crippen molar-refractivity contribution in [3.8, 4) is 0 Å². The van der Waals surface area contributed by atoms with Gasteiger partial charge in [-0.15, -0.1) is 0 Å². The molecule has 0 unspecified atom stereocenters. The molecule has 1 radical (unpaired) electrons. The Labute approximate surface area is 46.7 Å². The van der Waals surface area contributed by atoms with Gasteiger partial charge in [0, 0.05) is 7.05 Å². The Morgan fingerprint density at radius 3 is 2.86 bits per heavy atom. The molecule has 37 valence electrons. The Morgan fingerprint density at radius 2 is 2.71 bits per heavy atom. The lowest BCUT2D eigenvalue weighted by Crippen LogP contribution is -1.81. The van der Waals surface area contributed by atoms with E-state index in [1.165, 1.54) is 0 Å². The van der Waals surface area contributed by atoms with Crippen molar-refractivity contribution in [2.75, 3.05) is 0 Å². The van der Waals surface area contributed by atoms with Crippen molar-refractivity contribution in [1.29, 1.82) is 0 Å². The minimum Gasteiger partial charge on any atom is -0.316 e. The van der Waals surface area contributed by atoms with Crippen LogP contribution in [0.1, 0.15) is 0 Å². The molecule has 0 amide bonds. The predicted molar refractivity (Wildman–Crippen MR) is 27.1 cm³/mol. The lowest BCUT2D eigenvalue weighted by Gasteiger charge is -1.83. The fraction of sp³-hybridized carbons (Fsp3) is 0.250. The molecule has 1 rings (SSSR count). The summed E-state index contributed by atoms with van der Waals surface area (Å²) in [5.74, 6) is 0. The van der Waals surface area contributed by atoms with Crippen molar-refractivity contribution < 1.29 is 0 Å². The Bertz CT molecular complexity index is 142. The lowest BCUT2D eigenvalue weighted by molar-refractivity contribution is 0.903. The van der Waals surface area contributed by atoms with Gasteiger partial charge in [-0.2, -0.15) is 0 Å². The summed E-state index contributed by atoms with van der Waals surface area (Å²) in [6.07, 6.45) is 4.15. The first-order valence-corrected chi connectivity index (χ1v) is 2.23. The third-order valence-electron chi connectivity index (χ3n) is 0.699. The van der Waals surface area contributed by atoms with E-state index < -0.39 is 0 Å². The molecule has 0 fully saturated rings. The molecule has 0 saturated carbocycles. The molecule has 0 atom stereocenters. The number of halogens is 1. The first kappa shape index (κ1) is 4.65. The van der Waals surface area contributed by atoms with Crippen LogP contribution in [-0.2, 0) is 7.05 Å². The highest BCUT2D eigenvalue weighted by molar-refractivity contribution is 6.29.